The molecule has 206 valence electrons. The van der Waals surface area contributed by atoms with E-state index in [0.29, 0.717) is 40.4 Å². The van der Waals surface area contributed by atoms with Gasteiger partial charge in [-0.15, -0.1) is 0 Å². The van der Waals surface area contributed by atoms with Crippen LogP contribution in [0.5, 0.6) is 0 Å². The van der Waals surface area contributed by atoms with Gasteiger partial charge in [0.15, 0.2) is 5.65 Å². The summed E-state index contributed by atoms with van der Waals surface area (Å²) in [5.74, 6) is 6.28. The minimum Gasteiger partial charge on any atom is -0.383 e. The zero-order chi connectivity index (χ0) is 28.6. The van der Waals surface area contributed by atoms with Crippen molar-refractivity contribution in [1.29, 1.82) is 0 Å². The van der Waals surface area contributed by atoms with E-state index >= 15 is 0 Å². The third-order valence-electron chi connectivity index (χ3n) is 7.09. The van der Waals surface area contributed by atoms with Crippen LogP contribution in [0.25, 0.3) is 11.0 Å². The summed E-state index contributed by atoms with van der Waals surface area (Å²) >= 11 is 0. The number of hydrogen-bond donors (Lipinski definition) is 2. The largest absolute Gasteiger partial charge is 0.416 e. The number of amides is 1. The van der Waals surface area contributed by atoms with Gasteiger partial charge in [-0.05, 0) is 81.1 Å². The number of fused-ring (bicyclic) bond motifs is 1. The molecular formula is C29H28F3N7O. The summed E-state index contributed by atoms with van der Waals surface area (Å²) < 4.78 is 41.8. The number of alkyl halides is 3. The number of nitrogens with one attached hydrogen (secondary N) is 1. The maximum atomic E-state index is 13.3. The molecule has 1 aliphatic rings. The number of benzene rings is 2. The first-order valence-corrected chi connectivity index (χ1v) is 12.8. The lowest BCUT2D eigenvalue weighted by atomic mass is 10.0. The molecular weight excluding hydrogens is 519 g/mol. The first kappa shape index (κ1) is 27.1. The third kappa shape index (κ3) is 5.62. The lowest BCUT2D eigenvalue weighted by Crippen LogP contribution is -2.17. The van der Waals surface area contributed by atoms with Gasteiger partial charge in [-0.3, -0.25) is 4.79 Å². The molecule has 0 saturated carbocycles. The lowest BCUT2D eigenvalue weighted by Gasteiger charge is -2.12. The summed E-state index contributed by atoms with van der Waals surface area (Å²) in [4.78, 5) is 23.6. The molecule has 8 nitrogen and oxygen atoms in total. The molecule has 1 unspecified atom stereocenters. The molecule has 3 heterocycles. The second-order valence-corrected chi connectivity index (χ2v) is 10.2. The number of halogens is 3. The smallest absolute Gasteiger partial charge is 0.383 e. The highest BCUT2D eigenvalue weighted by Crippen LogP contribution is 2.32. The van der Waals surface area contributed by atoms with Gasteiger partial charge in [0.05, 0.1) is 10.9 Å². The molecule has 0 bridgehead atoms. The Hall–Kier alpha value is -4.43. The standard InChI is InChI=1S/C29H28F3N7O/c1-17-5-8-22(36-28(40)21-6-4-18(2)23(13-21)29(30,31)32)12-20(17)7-9-24-25-26(33)34-16-35-27(25)39(37-24)15-19-10-11-38(3)14-19/h4-6,8,12-13,16,19H,10-11,14-15H2,1-3H3,(H,36,40)(H2,33,34,35). The molecule has 4 aromatic rings. The molecule has 0 radical (unpaired) electrons. The van der Waals surface area contributed by atoms with E-state index in [9.17, 15) is 18.0 Å². The van der Waals surface area contributed by atoms with Crippen molar-refractivity contribution in [2.75, 3.05) is 31.2 Å². The maximum Gasteiger partial charge on any atom is 0.416 e. The number of nitrogen functional groups attached to an aromatic ring is 1. The summed E-state index contributed by atoms with van der Waals surface area (Å²) in [5.41, 5.74) is 8.24. The van der Waals surface area contributed by atoms with Crippen LogP contribution in [0.3, 0.4) is 0 Å². The molecule has 3 N–H and O–H groups in total. The van der Waals surface area contributed by atoms with Gasteiger partial charge >= 0.3 is 6.18 Å². The fourth-order valence-corrected chi connectivity index (χ4v) is 4.90. The van der Waals surface area contributed by atoms with Crippen molar-refractivity contribution in [1.82, 2.24) is 24.6 Å². The number of hydrogen-bond acceptors (Lipinski definition) is 6. The first-order chi connectivity index (χ1) is 19.0. The van der Waals surface area contributed by atoms with Gasteiger partial charge in [-0.2, -0.15) is 18.3 Å². The Bertz CT molecular complexity index is 1670. The first-order valence-electron chi connectivity index (χ1n) is 12.8. The fourth-order valence-electron chi connectivity index (χ4n) is 4.90. The monoisotopic (exact) mass is 547 g/mol. The Balaban J connectivity index is 1.42. The Kier molecular flexibility index (Phi) is 7.21. The van der Waals surface area contributed by atoms with Crippen molar-refractivity contribution in [3.8, 4) is 11.8 Å². The average Bonchev–Trinajstić information content (AvgIpc) is 3.47. The number of aromatic nitrogens is 4. The van der Waals surface area contributed by atoms with Crippen LogP contribution in [0.1, 0.15) is 44.7 Å². The number of likely N-dealkylation sites (tertiary alicyclic amines) is 1. The molecule has 0 aliphatic carbocycles. The van der Waals surface area contributed by atoms with Crippen LogP contribution in [0, 0.1) is 31.6 Å². The quantitative estimate of drug-likeness (QED) is 0.361. The van der Waals surface area contributed by atoms with Gasteiger partial charge in [0.25, 0.3) is 5.91 Å². The van der Waals surface area contributed by atoms with E-state index in [1.165, 1.54) is 25.4 Å². The van der Waals surface area contributed by atoms with Crippen molar-refractivity contribution >= 4 is 28.4 Å². The lowest BCUT2D eigenvalue weighted by molar-refractivity contribution is -0.138. The second kappa shape index (κ2) is 10.6. The molecule has 2 aromatic carbocycles. The van der Waals surface area contributed by atoms with Gasteiger partial charge in [-0.25, -0.2) is 14.6 Å². The van der Waals surface area contributed by atoms with Gasteiger partial charge < -0.3 is 16.0 Å². The Morgan fingerprint density at radius 1 is 1.12 bits per heavy atom. The van der Waals surface area contributed by atoms with Gasteiger partial charge in [0, 0.05) is 29.9 Å². The number of carbonyl (C=O) groups is 1. The predicted octanol–water partition coefficient (Wildman–Crippen LogP) is 4.65. The molecule has 40 heavy (non-hydrogen) atoms. The minimum atomic E-state index is -4.55. The van der Waals surface area contributed by atoms with E-state index in [1.54, 1.807) is 18.2 Å². The van der Waals surface area contributed by atoms with Crippen molar-refractivity contribution in [3.63, 3.8) is 0 Å². The van der Waals surface area contributed by atoms with Crippen molar-refractivity contribution in [3.05, 3.63) is 76.2 Å². The van der Waals surface area contributed by atoms with Crippen LogP contribution in [0.15, 0.2) is 42.7 Å². The highest BCUT2D eigenvalue weighted by molar-refractivity contribution is 6.04. The van der Waals surface area contributed by atoms with Crippen LogP contribution < -0.4 is 11.1 Å². The van der Waals surface area contributed by atoms with Crippen LogP contribution >= 0.6 is 0 Å². The van der Waals surface area contributed by atoms with Crippen LogP contribution in [0.4, 0.5) is 24.7 Å². The molecule has 1 saturated heterocycles. The maximum absolute atomic E-state index is 13.3. The SMILES string of the molecule is Cc1ccc(NC(=O)c2ccc(C)c(C(F)(F)F)c2)cc1C#Cc1nn(CC2CCN(C)C2)c2ncnc(N)c12. The van der Waals surface area contributed by atoms with Crippen LogP contribution in [-0.2, 0) is 12.7 Å². The number of aryl methyl sites for hydroxylation is 2. The summed E-state index contributed by atoms with van der Waals surface area (Å²) in [6, 6.07) is 8.63. The summed E-state index contributed by atoms with van der Waals surface area (Å²) in [7, 11) is 2.09. The van der Waals surface area contributed by atoms with E-state index in [1.807, 2.05) is 11.6 Å². The molecule has 11 heteroatoms. The molecule has 5 rings (SSSR count). The van der Waals surface area contributed by atoms with Crippen LogP contribution in [-0.4, -0.2) is 50.7 Å². The second-order valence-electron chi connectivity index (χ2n) is 10.2. The summed E-state index contributed by atoms with van der Waals surface area (Å²) in [5, 5.41) is 7.97. The topological polar surface area (TPSA) is 102 Å². The summed E-state index contributed by atoms with van der Waals surface area (Å²) in [6.45, 7) is 5.92. The fraction of sp³-hybridized carbons (Fsp3) is 0.310. The van der Waals surface area contributed by atoms with Gasteiger partial charge in [0.2, 0.25) is 0 Å². The Morgan fingerprint density at radius 2 is 1.90 bits per heavy atom. The zero-order valence-electron chi connectivity index (χ0n) is 22.3. The third-order valence-corrected chi connectivity index (χ3v) is 7.09. The number of rotatable bonds is 4. The molecule has 0 spiro atoms. The average molecular weight is 548 g/mol. The number of carbonyl (C=O) groups excluding carboxylic acids is 1. The molecule has 1 amide bonds. The number of nitrogens with zero attached hydrogens (tertiary/aromatic N) is 5. The predicted molar refractivity (Wildman–Crippen MR) is 147 cm³/mol. The van der Waals surface area contributed by atoms with E-state index in [4.69, 9.17) is 10.8 Å². The molecule has 1 fully saturated rings. The molecule has 1 atom stereocenters. The normalized spacial score (nSPS) is 15.7. The highest BCUT2D eigenvalue weighted by Gasteiger charge is 2.33. The molecule has 1 aliphatic heterocycles. The van der Waals surface area contributed by atoms with E-state index < -0.39 is 17.6 Å². The Morgan fingerprint density at radius 3 is 2.62 bits per heavy atom. The summed E-state index contributed by atoms with van der Waals surface area (Å²) in [6.07, 6.45) is -2.07. The van der Waals surface area contributed by atoms with Gasteiger partial charge in [-0.1, -0.05) is 18.1 Å². The highest BCUT2D eigenvalue weighted by atomic mass is 19.4. The van der Waals surface area contributed by atoms with E-state index in [2.05, 4.69) is 39.1 Å². The van der Waals surface area contributed by atoms with Crippen molar-refractivity contribution in [2.24, 2.45) is 5.92 Å². The molecule has 2 aromatic heterocycles. The number of nitrogens with two attached hydrogens (primary N) is 1. The van der Waals surface area contributed by atoms with Gasteiger partial charge in [0.1, 0.15) is 17.8 Å². The van der Waals surface area contributed by atoms with E-state index in [0.717, 1.165) is 31.1 Å². The Labute approximate surface area is 229 Å². The van der Waals surface area contributed by atoms with E-state index in [-0.39, 0.29) is 16.9 Å². The van der Waals surface area contributed by atoms with Crippen LogP contribution in [0.2, 0.25) is 0 Å². The number of anilines is 2. The minimum absolute atomic E-state index is 0.0496. The van der Waals surface area contributed by atoms with Crippen molar-refractivity contribution in [2.45, 2.75) is 33.0 Å². The van der Waals surface area contributed by atoms with Crippen molar-refractivity contribution < 1.29 is 18.0 Å². The zero-order valence-corrected chi connectivity index (χ0v) is 22.3.